The van der Waals surface area contributed by atoms with Crippen LogP contribution in [0.5, 0.6) is 5.75 Å². The van der Waals surface area contributed by atoms with Crippen molar-refractivity contribution in [2.45, 2.75) is 13.3 Å². The lowest BCUT2D eigenvalue weighted by atomic mass is 10.2. The molecule has 2 aromatic rings. The van der Waals surface area contributed by atoms with E-state index in [9.17, 15) is 9.59 Å². The number of hydrogen-bond acceptors (Lipinski definition) is 3. The van der Waals surface area contributed by atoms with Gasteiger partial charge in [0.05, 0.1) is 13.0 Å². The number of carbonyl (C=O) groups excluding carboxylic acids is 2. The van der Waals surface area contributed by atoms with Crippen molar-refractivity contribution < 1.29 is 14.3 Å². The first-order valence-electron chi connectivity index (χ1n) is 7.90. The topological polar surface area (TPSA) is 79.5 Å². The Hall–Kier alpha value is -2.73. The molecule has 0 aromatic heterocycles. The van der Waals surface area contributed by atoms with Crippen LogP contribution in [0.2, 0.25) is 5.02 Å². The van der Waals surface area contributed by atoms with E-state index >= 15 is 0 Å². The standard InChI is InChI=1S/C18H20ClN3O3/c1-2-20-18(24)22-15-7-4-6-14(12-15)21-17(23)9-10-25-16-8-3-5-13(19)11-16/h3-8,11-12H,2,9-10H2,1H3,(H,21,23)(H2,20,22,24). The Balaban J connectivity index is 1.80. The third-order valence-corrected chi connectivity index (χ3v) is 3.37. The van der Waals surface area contributed by atoms with Gasteiger partial charge in [0.1, 0.15) is 5.75 Å². The van der Waals surface area contributed by atoms with E-state index in [-0.39, 0.29) is 25.0 Å². The molecule has 0 radical (unpaired) electrons. The lowest BCUT2D eigenvalue weighted by Gasteiger charge is -2.10. The van der Waals surface area contributed by atoms with E-state index in [1.807, 2.05) is 6.92 Å². The highest BCUT2D eigenvalue weighted by atomic mass is 35.5. The summed E-state index contributed by atoms with van der Waals surface area (Å²) in [6.07, 6.45) is 0.195. The minimum atomic E-state index is -0.291. The van der Waals surface area contributed by atoms with Gasteiger partial charge in [-0.1, -0.05) is 23.7 Å². The fraction of sp³-hybridized carbons (Fsp3) is 0.222. The van der Waals surface area contributed by atoms with Gasteiger partial charge in [0, 0.05) is 22.9 Å². The normalized spacial score (nSPS) is 10.0. The van der Waals surface area contributed by atoms with Crippen LogP contribution < -0.4 is 20.7 Å². The lowest BCUT2D eigenvalue weighted by molar-refractivity contribution is -0.116. The number of amides is 3. The van der Waals surface area contributed by atoms with Crippen molar-refractivity contribution in [1.82, 2.24) is 5.32 Å². The molecule has 2 aromatic carbocycles. The lowest BCUT2D eigenvalue weighted by Crippen LogP contribution is -2.28. The van der Waals surface area contributed by atoms with Gasteiger partial charge in [0.15, 0.2) is 0 Å². The largest absolute Gasteiger partial charge is 0.493 e. The highest BCUT2D eigenvalue weighted by Crippen LogP contribution is 2.18. The van der Waals surface area contributed by atoms with Crippen molar-refractivity contribution in [3.05, 3.63) is 53.6 Å². The van der Waals surface area contributed by atoms with Crippen molar-refractivity contribution in [3.63, 3.8) is 0 Å². The van der Waals surface area contributed by atoms with Crippen LogP contribution >= 0.6 is 11.6 Å². The fourth-order valence-electron chi connectivity index (χ4n) is 2.05. The first-order chi connectivity index (χ1) is 12.1. The number of nitrogens with one attached hydrogen (secondary N) is 3. The summed E-state index contributed by atoms with van der Waals surface area (Å²) in [6, 6.07) is 13.6. The van der Waals surface area contributed by atoms with Crippen molar-refractivity contribution in [2.75, 3.05) is 23.8 Å². The molecule has 0 saturated carbocycles. The van der Waals surface area contributed by atoms with E-state index in [4.69, 9.17) is 16.3 Å². The average molecular weight is 362 g/mol. The second-order valence-corrected chi connectivity index (χ2v) is 5.61. The van der Waals surface area contributed by atoms with Crippen LogP contribution in [0.15, 0.2) is 48.5 Å². The zero-order chi connectivity index (χ0) is 18.1. The number of urea groups is 1. The first-order valence-corrected chi connectivity index (χ1v) is 8.27. The van der Waals surface area contributed by atoms with Crippen LogP contribution in [0, 0.1) is 0 Å². The van der Waals surface area contributed by atoms with Crippen molar-refractivity contribution in [1.29, 1.82) is 0 Å². The highest BCUT2D eigenvalue weighted by Gasteiger charge is 2.05. The molecule has 0 saturated heterocycles. The smallest absolute Gasteiger partial charge is 0.319 e. The van der Waals surface area contributed by atoms with Crippen molar-refractivity contribution >= 4 is 34.9 Å². The van der Waals surface area contributed by atoms with Gasteiger partial charge in [-0.3, -0.25) is 4.79 Å². The van der Waals surface area contributed by atoms with Crippen LogP contribution in [0.1, 0.15) is 13.3 Å². The second kappa shape index (κ2) is 9.54. The molecule has 132 valence electrons. The molecule has 0 heterocycles. The van der Waals surface area contributed by atoms with Gasteiger partial charge >= 0.3 is 6.03 Å². The Bertz CT molecular complexity index is 737. The third-order valence-electron chi connectivity index (χ3n) is 3.14. The zero-order valence-electron chi connectivity index (χ0n) is 13.8. The number of halogens is 1. The summed E-state index contributed by atoms with van der Waals surface area (Å²) in [7, 11) is 0. The van der Waals surface area contributed by atoms with Crippen LogP contribution in [-0.4, -0.2) is 25.1 Å². The molecule has 2 rings (SSSR count). The number of rotatable bonds is 7. The maximum Gasteiger partial charge on any atom is 0.319 e. The molecule has 0 aliphatic carbocycles. The number of benzene rings is 2. The Labute approximate surface area is 151 Å². The number of anilines is 2. The fourth-order valence-corrected chi connectivity index (χ4v) is 2.23. The van der Waals surface area contributed by atoms with E-state index in [2.05, 4.69) is 16.0 Å². The molecular weight excluding hydrogens is 342 g/mol. The van der Waals surface area contributed by atoms with Gasteiger partial charge in [0.25, 0.3) is 0 Å². The zero-order valence-corrected chi connectivity index (χ0v) is 14.6. The van der Waals surface area contributed by atoms with Gasteiger partial charge in [-0.25, -0.2) is 4.79 Å². The van der Waals surface area contributed by atoms with Crippen LogP contribution in [0.4, 0.5) is 16.2 Å². The second-order valence-electron chi connectivity index (χ2n) is 5.17. The molecule has 0 aliphatic rings. The van der Waals surface area contributed by atoms with Gasteiger partial charge in [-0.2, -0.15) is 0 Å². The van der Waals surface area contributed by atoms with E-state index in [0.717, 1.165) is 0 Å². The van der Waals surface area contributed by atoms with E-state index in [1.165, 1.54) is 0 Å². The molecule has 0 bridgehead atoms. The Kier molecular flexibility index (Phi) is 7.10. The Morgan fingerprint density at radius 1 is 1.04 bits per heavy atom. The number of hydrogen-bond donors (Lipinski definition) is 3. The minimum absolute atomic E-state index is 0.183. The summed E-state index contributed by atoms with van der Waals surface area (Å²) in [5, 5.41) is 8.68. The highest BCUT2D eigenvalue weighted by molar-refractivity contribution is 6.30. The molecular formula is C18H20ClN3O3. The summed E-state index contributed by atoms with van der Waals surface area (Å²) in [5.41, 5.74) is 1.20. The molecule has 0 aliphatic heterocycles. The van der Waals surface area contributed by atoms with E-state index in [1.54, 1.807) is 48.5 Å². The molecule has 0 spiro atoms. The van der Waals surface area contributed by atoms with Crippen molar-refractivity contribution in [2.24, 2.45) is 0 Å². The monoisotopic (exact) mass is 361 g/mol. The minimum Gasteiger partial charge on any atom is -0.493 e. The molecule has 0 atom stereocenters. The molecule has 3 N–H and O–H groups in total. The number of ether oxygens (including phenoxy) is 1. The maximum absolute atomic E-state index is 12.0. The summed E-state index contributed by atoms with van der Waals surface area (Å²) in [6.45, 7) is 2.61. The summed E-state index contributed by atoms with van der Waals surface area (Å²) < 4.78 is 5.49. The van der Waals surface area contributed by atoms with E-state index in [0.29, 0.717) is 28.7 Å². The predicted molar refractivity (Wildman–Crippen MR) is 99.3 cm³/mol. The van der Waals surface area contributed by atoms with Gasteiger partial charge in [-0.15, -0.1) is 0 Å². The Morgan fingerprint density at radius 3 is 2.48 bits per heavy atom. The average Bonchev–Trinajstić information content (AvgIpc) is 2.55. The summed E-state index contributed by atoms with van der Waals surface area (Å²) >= 11 is 5.87. The first kappa shape index (κ1) is 18.6. The van der Waals surface area contributed by atoms with Gasteiger partial charge in [-0.05, 0) is 43.3 Å². The van der Waals surface area contributed by atoms with Crippen LogP contribution in [0.3, 0.4) is 0 Å². The maximum atomic E-state index is 12.0. The SMILES string of the molecule is CCNC(=O)Nc1cccc(NC(=O)CCOc2cccc(Cl)c2)c1. The van der Waals surface area contributed by atoms with E-state index < -0.39 is 0 Å². The van der Waals surface area contributed by atoms with Crippen LogP contribution in [0.25, 0.3) is 0 Å². The molecule has 6 nitrogen and oxygen atoms in total. The molecule has 3 amide bonds. The van der Waals surface area contributed by atoms with Gasteiger partial charge < -0.3 is 20.7 Å². The summed E-state index contributed by atoms with van der Waals surface area (Å²) in [4.78, 5) is 23.5. The van der Waals surface area contributed by atoms with Gasteiger partial charge in [0.2, 0.25) is 5.91 Å². The molecule has 25 heavy (non-hydrogen) atoms. The molecule has 0 unspecified atom stereocenters. The Morgan fingerprint density at radius 2 is 1.76 bits per heavy atom. The molecule has 0 fully saturated rings. The number of carbonyl (C=O) groups is 2. The predicted octanol–water partition coefficient (Wildman–Crippen LogP) is 3.89. The molecule has 7 heteroatoms. The quantitative estimate of drug-likeness (QED) is 0.700. The third kappa shape index (κ3) is 6.73. The van der Waals surface area contributed by atoms with Crippen LogP contribution in [-0.2, 0) is 4.79 Å². The van der Waals surface area contributed by atoms with Crippen molar-refractivity contribution in [3.8, 4) is 5.75 Å². The summed E-state index contributed by atoms with van der Waals surface area (Å²) in [5.74, 6) is 0.436.